The Morgan fingerprint density at radius 3 is 2.18 bits per heavy atom. The van der Waals surface area contributed by atoms with E-state index in [-0.39, 0.29) is 18.8 Å². The average Bonchev–Trinajstić information content (AvgIpc) is 3.24. The smallest absolute Gasteiger partial charge is 0.342 e. The van der Waals surface area contributed by atoms with E-state index in [1.165, 1.54) is 0 Å². The van der Waals surface area contributed by atoms with E-state index in [9.17, 15) is 19.2 Å². The molecule has 3 heterocycles. The summed E-state index contributed by atoms with van der Waals surface area (Å²) in [6, 6.07) is 0. The largest absolute Gasteiger partial charge is 0.386 e. The van der Waals surface area contributed by atoms with Gasteiger partial charge in [0.1, 0.15) is 0 Å². The number of carbonyl (C=O) groups excluding carboxylic acids is 4. The minimum atomic E-state index is -0.671. The van der Waals surface area contributed by atoms with E-state index in [2.05, 4.69) is 6.92 Å². The standard InChI is InChI=1S/C26H34O8/c1-3-5-9-15-13-17-22(26(30)34-23(17)27)16(14-18-21(15)25(29)33-24(18)28)19(10-6-4-2)32-20-11-7-8-12-31-20/h15-16,19-20H,3-14H2,1-2H3. The summed E-state index contributed by atoms with van der Waals surface area (Å²) in [6.07, 6.45) is 6.85. The van der Waals surface area contributed by atoms with Crippen molar-refractivity contribution in [3.8, 4) is 0 Å². The van der Waals surface area contributed by atoms with Crippen LogP contribution in [0.3, 0.4) is 0 Å². The molecule has 0 aromatic rings. The Hall–Kier alpha value is -2.32. The van der Waals surface area contributed by atoms with Gasteiger partial charge in [-0.25, -0.2) is 19.2 Å². The predicted octanol–water partition coefficient (Wildman–Crippen LogP) is 4.06. The van der Waals surface area contributed by atoms with Crippen molar-refractivity contribution in [2.45, 2.75) is 96.9 Å². The summed E-state index contributed by atoms with van der Waals surface area (Å²) >= 11 is 0. The highest BCUT2D eigenvalue weighted by Crippen LogP contribution is 2.45. The van der Waals surface area contributed by atoms with Crippen molar-refractivity contribution in [3.63, 3.8) is 0 Å². The zero-order chi connectivity index (χ0) is 24.2. The van der Waals surface area contributed by atoms with Gasteiger partial charge in [-0.2, -0.15) is 0 Å². The van der Waals surface area contributed by atoms with Gasteiger partial charge in [0.2, 0.25) is 0 Å². The van der Waals surface area contributed by atoms with Crippen LogP contribution in [-0.4, -0.2) is 42.9 Å². The first-order valence-electron chi connectivity index (χ1n) is 12.7. The topological polar surface area (TPSA) is 105 Å². The lowest BCUT2D eigenvalue weighted by Crippen LogP contribution is -2.36. The second-order valence-corrected chi connectivity index (χ2v) is 9.61. The molecular formula is C26H34O8. The fourth-order valence-electron chi connectivity index (χ4n) is 5.51. The predicted molar refractivity (Wildman–Crippen MR) is 120 cm³/mol. The van der Waals surface area contributed by atoms with Crippen molar-refractivity contribution in [2.75, 3.05) is 6.61 Å². The highest BCUT2D eigenvalue weighted by Gasteiger charge is 2.48. The van der Waals surface area contributed by atoms with Crippen LogP contribution in [0.2, 0.25) is 0 Å². The molecule has 186 valence electrons. The quantitative estimate of drug-likeness (QED) is 0.364. The number of unbranched alkanes of at least 4 members (excludes halogenated alkanes) is 2. The molecule has 4 rings (SSSR count). The number of hydrogen-bond acceptors (Lipinski definition) is 8. The maximum absolute atomic E-state index is 12.9. The van der Waals surface area contributed by atoms with Gasteiger partial charge in [-0.3, -0.25) is 0 Å². The second kappa shape index (κ2) is 11.0. The average molecular weight is 475 g/mol. The summed E-state index contributed by atoms with van der Waals surface area (Å²) in [5.74, 6) is -3.58. The fourth-order valence-corrected chi connectivity index (χ4v) is 5.51. The lowest BCUT2D eigenvalue weighted by Gasteiger charge is -2.34. The van der Waals surface area contributed by atoms with Gasteiger partial charge >= 0.3 is 23.9 Å². The Labute approximate surface area is 200 Å². The lowest BCUT2D eigenvalue weighted by molar-refractivity contribution is -0.198. The fraction of sp³-hybridized carbons (Fsp3) is 0.692. The highest BCUT2D eigenvalue weighted by molar-refractivity contribution is 6.15. The highest BCUT2D eigenvalue weighted by atomic mass is 16.7. The van der Waals surface area contributed by atoms with Crippen molar-refractivity contribution < 1.29 is 38.1 Å². The zero-order valence-corrected chi connectivity index (χ0v) is 20.1. The molecule has 0 aromatic heterocycles. The molecule has 0 aromatic carbocycles. The molecule has 1 fully saturated rings. The Balaban J connectivity index is 1.76. The Morgan fingerprint density at radius 2 is 1.53 bits per heavy atom. The first-order valence-corrected chi connectivity index (χ1v) is 12.7. The monoisotopic (exact) mass is 474 g/mol. The van der Waals surface area contributed by atoms with E-state index in [0.717, 1.165) is 44.9 Å². The summed E-state index contributed by atoms with van der Waals surface area (Å²) < 4.78 is 22.3. The van der Waals surface area contributed by atoms with Gasteiger partial charge in [0.15, 0.2) is 6.29 Å². The number of cyclic esters (lactones) is 4. The van der Waals surface area contributed by atoms with Crippen LogP contribution in [0.5, 0.6) is 0 Å². The van der Waals surface area contributed by atoms with Gasteiger partial charge in [0.25, 0.3) is 0 Å². The maximum Gasteiger partial charge on any atom is 0.342 e. The molecule has 0 radical (unpaired) electrons. The summed E-state index contributed by atoms with van der Waals surface area (Å²) in [5.41, 5.74) is 1.27. The lowest BCUT2D eigenvalue weighted by atomic mass is 9.75. The van der Waals surface area contributed by atoms with Crippen LogP contribution in [0, 0.1) is 11.8 Å². The molecule has 0 bridgehead atoms. The normalized spacial score (nSPS) is 28.4. The number of ether oxygens (including phenoxy) is 4. The van der Waals surface area contributed by atoms with Crippen LogP contribution < -0.4 is 0 Å². The molecule has 4 aliphatic rings. The van der Waals surface area contributed by atoms with Crippen molar-refractivity contribution in [1.29, 1.82) is 0 Å². The third kappa shape index (κ3) is 5.03. The van der Waals surface area contributed by atoms with Gasteiger partial charge in [-0.1, -0.05) is 39.5 Å². The van der Waals surface area contributed by atoms with Crippen LogP contribution in [0.25, 0.3) is 0 Å². The molecular weight excluding hydrogens is 440 g/mol. The van der Waals surface area contributed by atoms with E-state index < -0.39 is 42.2 Å². The van der Waals surface area contributed by atoms with Crippen LogP contribution in [0.1, 0.15) is 84.5 Å². The van der Waals surface area contributed by atoms with Crippen molar-refractivity contribution in [3.05, 3.63) is 22.3 Å². The SMILES string of the molecule is CCCCC1CC2=C(C(=O)OC2=O)C(C(CCCC)OC2CCCCO2)CC2=C1C(=O)OC2=O. The van der Waals surface area contributed by atoms with Gasteiger partial charge in [0, 0.05) is 23.7 Å². The minimum absolute atomic E-state index is 0.102. The molecule has 0 amide bonds. The third-order valence-electron chi connectivity index (χ3n) is 7.27. The van der Waals surface area contributed by atoms with Gasteiger partial charge in [-0.05, 0) is 50.9 Å². The molecule has 0 saturated carbocycles. The second-order valence-electron chi connectivity index (χ2n) is 9.61. The maximum atomic E-state index is 12.9. The summed E-state index contributed by atoms with van der Waals surface area (Å²) in [7, 11) is 0. The molecule has 8 nitrogen and oxygen atoms in total. The van der Waals surface area contributed by atoms with Gasteiger partial charge < -0.3 is 18.9 Å². The van der Waals surface area contributed by atoms with E-state index in [1.807, 2.05) is 6.92 Å². The van der Waals surface area contributed by atoms with Crippen LogP contribution in [0.15, 0.2) is 22.3 Å². The summed E-state index contributed by atoms with van der Waals surface area (Å²) in [4.78, 5) is 51.1. The molecule has 4 unspecified atom stereocenters. The number of rotatable bonds is 9. The van der Waals surface area contributed by atoms with Crippen LogP contribution >= 0.6 is 0 Å². The number of hydrogen-bond donors (Lipinski definition) is 0. The van der Waals surface area contributed by atoms with Crippen molar-refractivity contribution in [2.24, 2.45) is 11.8 Å². The zero-order valence-electron chi connectivity index (χ0n) is 20.1. The number of esters is 4. The molecule has 1 aliphatic carbocycles. The molecule has 4 atom stereocenters. The Morgan fingerprint density at radius 1 is 0.853 bits per heavy atom. The van der Waals surface area contributed by atoms with Crippen molar-refractivity contribution >= 4 is 23.9 Å². The molecule has 3 aliphatic heterocycles. The molecule has 0 N–H and O–H groups in total. The third-order valence-corrected chi connectivity index (χ3v) is 7.27. The molecule has 34 heavy (non-hydrogen) atoms. The molecule has 0 spiro atoms. The van der Waals surface area contributed by atoms with E-state index in [0.29, 0.717) is 41.7 Å². The first-order chi connectivity index (χ1) is 16.4. The summed E-state index contributed by atoms with van der Waals surface area (Å²) in [5, 5.41) is 0. The minimum Gasteiger partial charge on any atom is -0.386 e. The molecule has 8 heteroatoms. The van der Waals surface area contributed by atoms with E-state index in [1.54, 1.807) is 0 Å². The van der Waals surface area contributed by atoms with Crippen LogP contribution in [-0.2, 0) is 38.1 Å². The van der Waals surface area contributed by atoms with Gasteiger partial charge in [-0.15, -0.1) is 0 Å². The van der Waals surface area contributed by atoms with E-state index >= 15 is 0 Å². The number of carbonyl (C=O) groups is 4. The van der Waals surface area contributed by atoms with Crippen LogP contribution in [0.4, 0.5) is 0 Å². The van der Waals surface area contributed by atoms with Crippen molar-refractivity contribution in [1.82, 2.24) is 0 Å². The summed E-state index contributed by atoms with van der Waals surface area (Å²) in [6.45, 7) is 4.71. The van der Waals surface area contributed by atoms with Gasteiger partial charge in [0.05, 0.1) is 17.3 Å². The Kier molecular flexibility index (Phi) is 7.99. The molecule has 1 saturated heterocycles. The first kappa shape index (κ1) is 24.8. The Bertz CT molecular complexity index is 908. The van der Waals surface area contributed by atoms with E-state index in [4.69, 9.17) is 18.9 Å².